The number of carbonyl (C=O) groups excluding carboxylic acids is 2. The summed E-state index contributed by atoms with van der Waals surface area (Å²) in [6, 6.07) is 0. The molecule has 0 aromatic rings. The molecule has 0 fully saturated rings. The molecule has 0 aliphatic carbocycles. The molecule has 18 heavy (non-hydrogen) atoms. The summed E-state index contributed by atoms with van der Waals surface area (Å²) in [5, 5.41) is 2.71. The van der Waals surface area contributed by atoms with Gasteiger partial charge in [0.2, 0.25) is 5.91 Å². The topological polar surface area (TPSA) is 58.6 Å². The third kappa shape index (κ3) is 4.49. The number of carbonyl (C=O) groups is 2. The monoisotopic (exact) mass is 254 g/mol. The SMILES string of the molecule is CN(CC(=O)OCC1=CCCNC1=O)C(C)(C)C. The van der Waals surface area contributed by atoms with Crippen molar-refractivity contribution in [2.45, 2.75) is 32.7 Å². The van der Waals surface area contributed by atoms with Crippen LogP contribution in [0.3, 0.4) is 0 Å². The van der Waals surface area contributed by atoms with Crippen LogP contribution >= 0.6 is 0 Å². The average molecular weight is 254 g/mol. The Hall–Kier alpha value is -1.36. The molecule has 1 heterocycles. The third-order valence-electron chi connectivity index (χ3n) is 3.01. The van der Waals surface area contributed by atoms with Gasteiger partial charge in [-0.1, -0.05) is 6.08 Å². The molecule has 0 atom stereocenters. The molecular formula is C13H22N2O3. The number of rotatable bonds is 4. The number of nitrogens with zero attached hydrogens (tertiary/aromatic N) is 1. The summed E-state index contributed by atoms with van der Waals surface area (Å²) in [5.41, 5.74) is 0.452. The van der Waals surface area contributed by atoms with Gasteiger partial charge < -0.3 is 10.1 Å². The molecule has 1 aliphatic heterocycles. The highest BCUT2D eigenvalue weighted by molar-refractivity contribution is 5.94. The van der Waals surface area contributed by atoms with Gasteiger partial charge in [-0.3, -0.25) is 14.5 Å². The van der Waals surface area contributed by atoms with Gasteiger partial charge in [0, 0.05) is 12.1 Å². The quantitative estimate of drug-likeness (QED) is 0.751. The van der Waals surface area contributed by atoms with Crippen LogP contribution in [0.5, 0.6) is 0 Å². The van der Waals surface area contributed by atoms with Crippen molar-refractivity contribution in [1.29, 1.82) is 0 Å². The van der Waals surface area contributed by atoms with Crippen LogP contribution in [0.2, 0.25) is 0 Å². The number of ether oxygens (including phenoxy) is 1. The van der Waals surface area contributed by atoms with E-state index >= 15 is 0 Å². The van der Waals surface area contributed by atoms with E-state index in [0.29, 0.717) is 12.1 Å². The first kappa shape index (κ1) is 14.7. The zero-order chi connectivity index (χ0) is 13.8. The Morgan fingerprint density at radius 1 is 1.50 bits per heavy atom. The lowest BCUT2D eigenvalue weighted by molar-refractivity contribution is -0.145. The van der Waals surface area contributed by atoms with Gasteiger partial charge in [0.15, 0.2) is 0 Å². The summed E-state index contributed by atoms with van der Waals surface area (Å²) < 4.78 is 5.11. The van der Waals surface area contributed by atoms with Crippen LogP contribution in [0, 0.1) is 0 Å². The van der Waals surface area contributed by atoms with E-state index in [9.17, 15) is 9.59 Å². The Kier molecular flexibility index (Phi) is 4.90. The second kappa shape index (κ2) is 6.00. The highest BCUT2D eigenvalue weighted by Gasteiger charge is 2.21. The Morgan fingerprint density at radius 2 is 2.17 bits per heavy atom. The zero-order valence-electron chi connectivity index (χ0n) is 11.6. The Morgan fingerprint density at radius 3 is 2.72 bits per heavy atom. The number of hydrogen-bond donors (Lipinski definition) is 1. The smallest absolute Gasteiger partial charge is 0.320 e. The van der Waals surface area contributed by atoms with Crippen LogP contribution in [-0.4, -0.2) is 49.1 Å². The highest BCUT2D eigenvalue weighted by Crippen LogP contribution is 2.10. The van der Waals surface area contributed by atoms with Crippen LogP contribution in [0.1, 0.15) is 27.2 Å². The van der Waals surface area contributed by atoms with Crippen molar-refractivity contribution in [3.05, 3.63) is 11.6 Å². The largest absolute Gasteiger partial charge is 0.460 e. The third-order valence-corrected chi connectivity index (χ3v) is 3.01. The first-order valence-corrected chi connectivity index (χ1v) is 6.15. The lowest BCUT2D eigenvalue weighted by atomic mass is 10.1. The van der Waals surface area contributed by atoms with Gasteiger partial charge in [0.1, 0.15) is 6.61 Å². The lowest BCUT2D eigenvalue weighted by Crippen LogP contribution is -2.42. The molecule has 1 amide bonds. The minimum Gasteiger partial charge on any atom is -0.460 e. The molecular weight excluding hydrogens is 232 g/mol. The molecule has 5 nitrogen and oxygen atoms in total. The molecule has 0 saturated carbocycles. The maximum atomic E-state index is 11.6. The number of esters is 1. The molecule has 1 N–H and O–H groups in total. The van der Waals surface area contributed by atoms with Crippen molar-refractivity contribution in [2.75, 3.05) is 26.7 Å². The first-order valence-electron chi connectivity index (χ1n) is 6.15. The molecule has 1 rings (SSSR count). The second-order valence-corrected chi connectivity index (χ2v) is 5.46. The van der Waals surface area contributed by atoms with Crippen molar-refractivity contribution >= 4 is 11.9 Å². The van der Waals surface area contributed by atoms with Gasteiger partial charge in [-0.05, 0) is 34.2 Å². The lowest BCUT2D eigenvalue weighted by Gasteiger charge is -2.30. The maximum absolute atomic E-state index is 11.6. The summed E-state index contributed by atoms with van der Waals surface area (Å²) in [6.07, 6.45) is 2.61. The fourth-order valence-electron chi connectivity index (χ4n) is 1.40. The minimum atomic E-state index is -0.313. The van der Waals surface area contributed by atoms with E-state index in [2.05, 4.69) is 5.32 Å². The van der Waals surface area contributed by atoms with E-state index < -0.39 is 0 Å². The number of nitrogens with one attached hydrogen (secondary N) is 1. The number of likely N-dealkylation sites (N-methyl/N-ethyl adjacent to an activating group) is 1. The summed E-state index contributed by atoms with van der Waals surface area (Å²) >= 11 is 0. The summed E-state index contributed by atoms with van der Waals surface area (Å²) in [6.45, 7) is 7.01. The molecule has 0 bridgehead atoms. The molecule has 0 saturated heterocycles. The van der Waals surface area contributed by atoms with Crippen molar-refractivity contribution in [2.24, 2.45) is 0 Å². The summed E-state index contributed by atoms with van der Waals surface area (Å²) in [5.74, 6) is -0.454. The molecule has 0 radical (unpaired) electrons. The Balaban J connectivity index is 2.38. The van der Waals surface area contributed by atoms with Crippen LogP contribution in [0.25, 0.3) is 0 Å². The van der Waals surface area contributed by atoms with E-state index in [1.54, 1.807) is 0 Å². The first-order chi connectivity index (χ1) is 8.30. The van der Waals surface area contributed by atoms with Crippen molar-refractivity contribution in [3.8, 4) is 0 Å². The van der Waals surface area contributed by atoms with E-state index in [4.69, 9.17) is 4.74 Å². The van der Waals surface area contributed by atoms with E-state index in [1.807, 2.05) is 38.8 Å². The fraction of sp³-hybridized carbons (Fsp3) is 0.692. The Bertz CT molecular complexity index is 356. The van der Waals surface area contributed by atoms with Gasteiger partial charge >= 0.3 is 5.97 Å². The van der Waals surface area contributed by atoms with Crippen molar-refractivity contribution < 1.29 is 14.3 Å². The molecule has 1 aliphatic rings. The van der Waals surface area contributed by atoms with Gasteiger partial charge in [-0.2, -0.15) is 0 Å². The zero-order valence-corrected chi connectivity index (χ0v) is 11.6. The molecule has 0 aromatic heterocycles. The maximum Gasteiger partial charge on any atom is 0.320 e. The second-order valence-electron chi connectivity index (χ2n) is 5.46. The van der Waals surface area contributed by atoms with Crippen molar-refractivity contribution in [3.63, 3.8) is 0 Å². The van der Waals surface area contributed by atoms with Crippen LogP contribution in [0.4, 0.5) is 0 Å². The van der Waals surface area contributed by atoms with E-state index in [1.165, 1.54) is 0 Å². The normalized spacial score (nSPS) is 16.3. The van der Waals surface area contributed by atoms with Gasteiger partial charge in [0.25, 0.3) is 0 Å². The predicted molar refractivity (Wildman–Crippen MR) is 69.1 cm³/mol. The Labute approximate surface area is 108 Å². The van der Waals surface area contributed by atoms with Crippen LogP contribution in [0.15, 0.2) is 11.6 Å². The fourth-order valence-corrected chi connectivity index (χ4v) is 1.40. The van der Waals surface area contributed by atoms with Gasteiger partial charge in [0.05, 0.1) is 12.1 Å². The van der Waals surface area contributed by atoms with Crippen LogP contribution < -0.4 is 5.32 Å². The van der Waals surface area contributed by atoms with E-state index in [-0.39, 0.29) is 30.6 Å². The minimum absolute atomic E-state index is 0.0582. The number of hydrogen-bond acceptors (Lipinski definition) is 4. The van der Waals surface area contributed by atoms with Gasteiger partial charge in [-0.15, -0.1) is 0 Å². The average Bonchev–Trinajstić information content (AvgIpc) is 2.26. The highest BCUT2D eigenvalue weighted by atomic mass is 16.5. The molecule has 5 heteroatoms. The summed E-state index contributed by atoms with van der Waals surface area (Å²) in [4.78, 5) is 24.9. The molecule has 102 valence electrons. The molecule has 0 aromatic carbocycles. The predicted octanol–water partition coefficient (Wildman–Crippen LogP) is 0.706. The molecule has 0 unspecified atom stereocenters. The van der Waals surface area contributed by atoms with Crippen LogP contribution in [-0.2, 0) is 14.3 Å². The van der Waals surface area contributed by atoms with Crippen molar-refractivity contribution in [1.82, 2.24) is 10.2 Å². The molecule has 0 spiro atoms. The number of amides is 1. The summed E-state index contributed by atoms with van der Waals surface area (Å²) in [7, 11) is 1.87. The van der Waals surface area contributed by atoms with E-state index in [0.717, 1.165) is 6.42 Å². The van der Waals surface area contributed by atoms with Gasteiger partial charge in [-0.25, -0.2) is 0 Å². The standard InChI is InChI=1S/C13H22N2O3/c1-13(2,3)15(4)8-11(16)18-9-10-6-5-7-14-12(10)17/h6H,5,7-9H2,1-4H3,(H,14,17).